The summed E-state index contributed by atoms with van der Waals surface area (Å²) in [5.74, 6) is -0.0711. The minimum absolute atomic E-state index is 0.0711. The largest absolute Gasteiger partial charge is 0.338 e. The van der Waals surface area contributed by atoms with Gasteiger partial charge in [0.05, 0.1) is 22.7 Å². The summed E-state index contributed by atoms with van der Waals surface area (Å²) >= 11 is 0. The van der Waals surface area contributed by atoms with Crippen molar-refractivity contribution in [2.75, 3.05) is 13.1 Å². The molecule has 1 fully saturated rings. The average molecular weight is 413 g/mol. The van der Waals surface area contributed by atoms with Crippen molar-refractivity contribution < 1.29 is 4.79 Å². The molecule has 5 nitrogen and oxygen atoms in total. The number of benzene rings is 1. The van der Waals surface area contributed by atoms with Crippen LogP contribution in [0.3, 0.4) is 0 Å². The summed E-state index contributed by atoms with van der Waals surface area (Å²) in [4.78, 5) is 23.7. The molecule has 0 radical (unpaired) electrons. The van der Waals surface area contributed by atoms with Gasteiger partial charge in [-0.05, 0) is 50.8 Å². The van der Waals surface area contributed by atoms with Crippen molar-refractivity contribution in [3.05, 3.63) is 83.8 Å². The molecule has 2 aromatic rings. The van der Waals surface area contributed by atoms with E-state index in [1.165, 1.54) is 11.1 Å². The van der Waals surface area contributed by atoms with E-state index >= 15 is 0 Å². The van der Waals surface area contributed by atoms with E-state index in [0.717, 1.165) is 0 Å². The first-order valence-electron chi connectivity index (χ1n) is 10.5. The van der Waals surface area contributed by atoms with E-state index < -0.39 is 5.41 Å². The molecule has 1 aromatic heterocycles. The summed E-state index contributed by atoms with van der Waals surface area (Å²) in [6.07, 6.45) is 8.68. The molecule has 3 rings (SSSR count). The Morgan fingerprint density at radius 3 is 2.61 bits per heavy atom. The number of aromatic nitrogens is 1. The predicted octanol–water partition coefficient (Wildman–Crippen LogP) is 5.00. The van der Waals surface area contributed by atoms with Crippen LogP contribution in [0.15, 0.2) is 66.4 Å². The first-order valence-corrected chi connectivity index (χ1v) is 10.5. The van der Waals surface area contributed by atoms with Crippen molar-refractivity contribution in [2.24, 2.45) is 10.4 Å². The number of hydrogen-bond acceptors (Lipinski definition) is 4. The summed E-state index contributed by atoms with van der Waals surface area (Å²) in [6, 6.07) is 14.5. The molecule has 5 heteroatoms. The molecule has 1 aliphatic rings. The summed E-state index contributed by atoms with van der Waals surface area (Å²) in [6.45, 7) is 8.82. The number of amides is 1. The SMILES string of the molecule is C=C/C(=C\N=CC)c1ncccc1C(=O)N1CCC(C#N)(Cc2ccc(C)cc2)CC1. The zero-order valence-corrected chi connectivity index (χ0v) is 18.2. The van der Waals surface area contributed by atoms with Gasteiger partial charge in [0.1, 0.15) is 0 Å². The number of nitrogens with zero attached hydrogens (tertiary/aromatic N) is 4. The molecule has 1 aliphatic heterocycles. The molecule has 2 heterocycles. The van der Waals surface area contributed by atoms with E-state index in [4.69, 9.17) is 0 Å². The number of aryl methyl sites for hydroxylation is 1. The zero-order chi connectivity index (χ0) is 22.3. The molecule has 0 N–H and O–H groups in total. The summed E-state index contributed by atoms with van der Waals surface area (Å²) in [7, 11) is 0. The third-order valence-electron chi connectivity index (χ3n) is 5.80. The third kappa shape index (κ3) is 5.16. The number of nitriles is 1. The summed E-state index contributed by atoms with van der Waals surface area (Å²) in [5, 5.41) is 9.94. The Balaban J connectivity index is 1.77. The number of pyridine rings is 1. The van der Waals surface area contributed by atoms with Gasteiger partial charge >= 0.3 is 0 Å². The van der Waals surface area contributed by atoms with E-state index in [1.54, 1.807) is 36.8 Å². The molecule has 158 valence electrons. The highest BCUT2D eigenvalue weighted by Crippen LogP contribution is 2.35. The van der Waals surface area contributed by atoms with Crippen LogP contribution in [0.4, 0.5) is 0 Å². The standard InChI is InChI=1S/C26H28N4O/c1-4-22(18-28-5-2)24-23(7-6-14-29-24)25(31)30-15-12-26(19-27,13-16-30)17-21-10-8-20(3)9-11-21/h4-11,14,18H,1,12-13,15-17H2,2-3H3/b22-18+,28-5?. The van der Waals surface area contributed by atoms with Gasteiger partial charge in [-0.3, -0.25) is 14.8 Å². The van der Waals surface area contributed by atoms with Gasteiger partial charge in [0.15, 0.2) is 0 Å². The van der Waals surface area contributed by atoms with Gasteiger partial charge < -0.3 is 4.90 Å². The second kappa shape index (κ2) is 9.99. The maximum atomic E-state index is 13.3. The fourth-order valence-corrected chi connectivity index (χ4v) is 3.91. The highest BCUT2D eigenvalue weighted by atomic mass is 16.2. The number of piperidine rings is 1. The number of rotatable bonds is 6. The van der Waals surface area contributed by atoms with Crippen LogP contribution >= 0.6 is 0 Å². The van der Waals surface area contributed by atoms with Gasteiger partial charge in [-0.1, -0.05) is 42.5 Å². The first-order chi connectivity index (χ1) is 15.0. The van der Waals surface area contributed by atoms with Crippen molar-refractivity contribution in [2.45, 2.75) is 33.1 Å². The highest BCUT2D eigenvalue weighted by molar-refractivity contribution is 5.99. The fraction of sp³-hybridized carbons (Fsp3) is 0.308. The average Bonchev–Trinajstić information content (AvgIpc) is 2.81. The Hall–Kier alpha value is -3.52. The minimum Gasteiger partial charge on any atom is -0.338 e. The van der Waals surface area contributed by atoms with Crippen LogP contribution in [0.1, 0.15) is 46.9 Å². The van der Waals surface area contributed by atoms with E-state index in [2.05, 4.69) is 53.8 Å². The Morgan fingerprint density at radius 2 is 2.00 bits per heavy atom. The quantitative estimate of drug-likeness (QED) is 0.495. The zero-order valence-electron chi connectivity index (χ0n) is 18.2. The number of aliphatic imine (C=N–C) groups is 1. The van der Waals surface area contributed by atoms with Crippen LogP contribution in [0.2, 0.25) is 0 Å². The normalized spacial score (nSPS) is 16.2. The Bertz CT molecular complexity index is 1040. The molecule has 0 aliphatic carbocycles. The van der Waals surface area contributed by atoms with Crippen molar-refractivity contribution in [3.63, 3.8) is 0 Å². The van der Waals surface area contributed by atoms with E-state index in [1.807, 2.05) is 11.8 Å². The third-order valence-corrected chi connectivity index (χ3v) is 5.80. The number of likely N-dealkylation sites (tertiary alicyclic amines) is 1. The van der Waals surface area contributed by atoms with E-state index in [0.29, 0.717) is 49.2 Å². The van der Waals surface area contributed by atoms with Crippen LogP contribution in [0.25, 0.3) is 5.57 Å². The smallest absolute Gasteiger partial charge is 0.256 e. The summed E-state index contributed by atoms with van der Waals surface area (Å²) < 4.78 is 0. The van der Waals surface area contributed by atoms with Gasteiger partial charge in [-0.15, -0.1) is 0 Å². The van der Waals surface area contributed by atoms with Gasteiger partial charge in [-0.25, -0.2) is 0 Å². The number of allylic oxidation sites excluding steroid dienone is 2. The minimum atomic E-state index is -0.439. The molecule has 31 heavy (non-hydrogen) atoms. The molecule has 1 amide bonds. The van der Waals surface area contributed by atoms with Crippen LogP contribution in [0.5, 0.6) is 0 Å². The van der Waals surface area contributed by atoms with Gasteiger partial charge in [0.25, 0.3) is 5.91 Å². The highest BCUT2D eigenvalue weighted by Gasteiger charge is 2.37. The Labute approximate surface area is 184 Å². The molecular formula is C26H28N4O. The molecular weight excluding hydrogens is 384 g/mol. The van der Waals surface area contributed by atoms with Crippen molar-refractivity contribution in [1.82, 2.24) is 9.88 Å². The van der Waals surface area contributed by atoms with Crippen molar-refractivity contribution >= 4 is 17.7 Å². The van der Waals surface area contributed by atoms with Gasteiger partial charge in [0.2, 0.25) is 0 Å². The lowest BCUT2D eigenvalue weighted by Gasteiger charge is -2.37. The Morgan fingerprint density at radius 1 is 1.29 bits per heavy atom. The van der Waals surface area contributed by atoms with Crippen LogP contribution in [-0.2, 0) is 6.42 Å². The lowest BCUT2D eigenvalue weighted by atomic mass is 9.75. The van der Waals surface area contributed by atoms with Gasteiger partial charge in [0, 0.05) is 37.3 Å². The molecule has 1 aromatic carbocycles. The van der Waals surface area contributed by atoms with Crippen molar-refractivity contribution in [3.8, 4) is 6.07 Å². The Kier molecular flexibility index (Phi) is 7.15. The first kappa shape index (κ1) is 22.2. The second-order valence-corrected chi connectivity index (χ2v) is 7.94. The predicted molar refractivity (Wildman–Crippen MR) is 125 cm³/mol. The maximum absolute atomic E-state index is 13.3. The van der Waals surface area contributed by atoms with Gasteiger partial charge in [-0.2, -0.15) is 5.26 Å². The molecule has 0 bridgehead atoms. The molecule has 0 unspecified atom stereocenters. The molecule has 1 saturated heterocycles. The topological polar surface area (TPSA) is 69.3 Å². The van der Waals surface area contributed by atoms with Crippen molar-refractivity contribution in [1.29, 1.82) is 5.26 Å². The van der Waals surface area contributed by atoms with E-state index in [9.17, 15) is 10.1 Å². The van der Waals surface area contributed by atoms with Crippen LogP contribution < -0.4 is 0 Å². The maximum Gasteiger partial charge on any atom is 0.256 e. The number of hydrogen-bond donors (Lipinski definition) is 0. The van der Waals surface area contributed by atoms with Crippen LogP contribution in [-0.4, -0.2) is 35.1 Å². The molecule has 0 spiro atoms. The lowest BCUT2D eigenvalue weighted by molar-refractivity contribution is 0.0646. The number of carbonyl (C=O) groups is 1. The molecule has 0 atom stereocenters. The fourth-order valence-electron chi connectivity index (χ4n) is 3.91. The van der Waals surface area contributed by atoms with Crippen LogP contribution in [0, 0.1) is 23.7 Å². The monoisotopic (exact) mass is 412 g/mol. The molecule has 0 saturated carbocycles. The lowest BCUT2D eigenvalue weighted by Crippen LogP contribution is -2.43. The number of carbonyl (C=O) groups excluding carboxylic acids is 1. The second-order valence-electron chi connectivity index (χ2n) is 7.94. The summed E-state index contributed by atoms with van der Waals surface area (Å²) in [5.41, 5.74) is 3.74. The van der Waals surface area contributed by atoms with E-state index in [-0.39, 0.29) is 5.91 Å².